The third-order valence-corrected chi connectivity index (χ3v) is 4.68. The van der Waals surface area contributed by atoms with Crippen LogP contribution in [0.15, 0.2) is 34.9 Å². The summed E-state index contributed by atoms with van der Waals surface area (Å²) in [6, 6.07) is 4.51. The van der Waals surface area contributed by atoms with Gasteiger partial charge in [0.15, 0.2) is 15.6 Å². The van der Waals surface area contributed by atoms with Crippen LogP contribution in [-0.4, -0.2) is 40.6 Å². The normalized spacial score (nSPS) is 11.9. The predicted molar refractivity (Wildman–Crippen MR) is 89.6 cm³/mol. The lowest BCUT2D eigenvalue weighted by molar-refractivity contribution is -0.139. The number of methoxy groups -OCH3 is 2. The van der Waals surface area contributed by atoms with E-state index in [0.717, 1.165) is 17.9 Å². The Morgan fingerprint density at radius 1 is 1.21 bits per heavy atom. The number of ether oxygens (including phenoxy) is 2. The molecule has 132 valence electrons. The molecule has 0 unspecified atom stereocenters. The fraction of sp³-hybridized carbons (Fsp3) is 0.375. The van der Waals surface area contributed by atoms with Gasteiger partial charge in [0.05, 0.1) is 19.1 Å². The van der Waals surface area contributed by atoms with Gasteiger partial charge in [0, 0.05) is 23.8 Å². The molecule has 0 saturated heterocycles. The summed E-state index contributed by atoms with van der Waals surface area (Å²) in [6.45, 7) is 0. The van der Waals surface area contributed by atoms with Crippen LogP contribution in [0.2, 0.25) is 5.02 Å². The molecule has 0 spiro atoms. The first-order valence-electron chi connectivity index (χ1n) is 7.04. The number of carbonyl (C=O) groups excluding carboxylic acids is 2. The number of aryl methyl sites for hydroxylation is 1. The Morgan fingerprint density at radius 2 is 1.88 bits per heavy atom. The van der Waals surface area contributed by atoms with Crippen LogP contribution in [0.5, 0.6) is 0 Å². The van der Waals surface area contributed by atoms with Crippen molar-refractivity contribution in [3.05, 3.63) is 40.6 Å². The second-order valence-electron chi connectivity index (χ2n) is 5.05. The molecule has 0 aliphatic carbocycles. The number of hydrogen-bond acceptors (Lipinski definition) is 6. The van der Waals surface area contributed by atoms with E-state index in [2.05, 4.69) is 4.74 Å². The Bertz CT molecular complexity index is 752. The summed E-state index contributed by atoms with van der Waals surface area (Å²) in [7, 11) is -0.834. The van der Waals surface area contributed by atoms with Crippen molar-refractivity contribution in [3.63, 3.8) is 0 Å². The Kier molecular flexibility index (Phi) is 7.44. The molecular weight excluding hydrogens is 356 g/mol. The molecule has 0 amide bonds. The molecule has 0 saturated carbocycles. The highest BCUT2D eigenvalue weighted by molar-refractivity contribution is 7.90. The van der Waals surface area contributed by atoms with Crippen molar-refractivity contribution in [3.8, 4) is 0 Å². The largest absolute Gasteiger partial charge is 0.490 e. The fourth-order valence-corrected chi connectivity index (χ4v) is 2.92. The van der Waals surface area contributed by atoms with E-state index >= 15 is 0 Å². The van der Waals surface area contributed by atoms with Crippen molar-refractivity contribution in [1.82, 2.24) is 0 Å². The summed E-state index contributed by atoms with van der Waals surface area (Å²) in [5, 5.41) is 0.341. The molecule has 1 aromatic rings. The van der Waals surface area contributed by atoms with Crippen LogP contribution >= 0.6 is 11.6 Å². The third kappa shape index (κ3) is 5.98. The van der Waals surface area contributed by atoms with Crippen LogP contribution in [0, 0.1) is 0 Å². The monoisotopic (exact) mass is 374 g/mol. The maximum absolute atomic E-state index is 11.8. The Balaban J connectivity index is 2.66. The number of benzene rings is 1. The number of ketones is 1. The van der Waals surface area contributed by atoms with Gasteiger partial charge in [0.25, 0.3) is 0 Å². The lowest BCUT2D eigenvalue weighted by Crippen LogP contribution is -2.09. The summed E-state index contributed by atoms with van der Waals surface area (Å²) >= 11 is 6.08. The fourth-order valence-electron chi connectivity index (χ4n) is 1.93. The van der Waals surface area contributed by atoms with Crippen LogP contribution < -0.4 is 0 Å². The van der Waals surface area contributed by atoms with Gasteiger partial charge in [-0.05, 0) is 30.5 Å². The van der Waals surface area contributed by atoms with E-state index in [0.29, 0.717) is 17.9 Å². The van der Waals surface area contributed by atoms with E-state index in [-0.39, 0.29) is 22.9 Å². The van der Waals surface area contributed by atoms with Crippen LogP contribution in [-0.2, 0) is 35.3 Å². The standard InChI is InChI=1S/C16H19ClO6S/c1-22-15(16(19)23-2)9-12(18)6-4-5-11-7-8-13(10-14(11)17)24(3,20)21/h7-10H,4-6H2,1-3H3. The molecule has 0 atom stereocenters. The first kappa shape index (κ1) is 20.2. The van der Waals surface area contributed by atoms with Crippen molar-refractivity contribution in [2.45, 2.75) is 24.2 Å². The maximum Gasteiger partial charge on any atom is 0.373 e. The van der Waals surface area contributed by atoms with Crippen LogP contribution in [0.1, 0.15) is 18.4 Å². The number of hydrogen-bond donors (Lipinski definition) is 0. The zero-order valence-corrected chi connectivity index (χ0v) is 15.2. The molecule has 0 aliphatic heterocycles. The highest BCUT2D eigenvalue weighted by Gasteiger charge is 2.13. The molecule has 1 rings (SSSR count). The average Bonchev–Trinajstić information content (AvgIpc) is 2.52. The van der Waals surface area contributed by atoms with Crippen LogP contribution in [0.3, 0.4) is 0 Å². The predicted octanol–water partition coefficient (Wildman–Crippen LogP) is 2.34. The van der Waals surface area contributed by atoms with E-state index in [1.165, 1.54) is 26.4 Å². The summed E-state index contributed by atoms with van der Waals surface area (Å²) in [4.78, 5) is 23.3. The van der Waals surface area contributed by atoms with E-state index in [9.17, 15) is 18.0 Å². The van der Waals surface area contributed by atoms with Crippen molar-refractivity contribution < 1.29 is 27.5 Å². The SMILES string of the molecule is COC(=O)C(=CC(=O)CCCc1ccc(S(C)(=O)=O)cc1Cl)OC. The topological polar surface area (TPSA) is 86.7 Å². The Labute approximate surface area is 146 Å². The van der Waals surface area contributed by atoms with Crippen LogP contribution in [0.4, 0.5) is 0 Å². The zero-order valence-electron chi connectivity index (χ0n) is 13.7. The smallest absolute Gasteiger partial charge is 0.373 e. The number of esters is 1. The second-order valence-corrected chi connectivity index (χ2v) is 7.47. The van der Waals surface area contributed by atoms with E-state index in [4.69, 9.17) is 16.3 Å². The van der Waals surface area contributed by atoms with Gasteiger partial charge in [-0.25, -0.2) is 13.2 Å². The van der Waals surface area contributed by atoms with Gasteiger partial charge in [0.2, 0.25) is 5.76 Å². The quantitative estimate of drug-likeness (QED) is 0.394. The second kappa shape index (κ2) is 8.84. The molecule has 6 nitrogen and oxygen atoms in total. The molecule has 1 aromatic carbocycles. The van der Waals surface area contributed by atoms with Crippen molar-refractivity contribution >= 4 is 33.2 Å². The zero-order chi connectivity index (χ0) is 18.3. The van der Waals surface area contributed by atoms with E-state index < -0.39 is 15.8 Å². The van der Waals surface area contributed by atoms with Crippen molar-refractivity contribution in [1.29, 1.82) is 0 Å². The number of allylic oxidation sites excluding steroid dienone is 1. The van der Waals surface area contributed by atoms with Gasteiger partial charge in [0.1, 0.15) is 0 Å². The van der Waals surface area contributed by atoms with Gasteiger partial charge in [-0.15, -0.1) is 0 Å². The molecule has 0 aliphatic rings. The molecule has 0 bridgehead atoms. The van der Waals surface area contributed by atoms with Gasteiger partial charge in [-0.1, -0.05) is 17.7 Å². The van der Waals surface area contributed by atoms with Crippen molar-refractivity contribution in [2.24, 2.45) is 0 Å². The molecule has 0 radical (unpaired) electrons. The lowest BCUT2D eigenvalue weighted by Gasteiger charge is -2.06. The van der Waals surface area contributed by atoms with Crippen LogP contribution in [0.25, 0.3) is 0 Å². The highest BCUT2D eigenvalue weighted by Crippen LogP contribution is 2.22. The summed E-state index contributed by atoms with van der Waals surface area (Å²) in [6.07, 6.45) is 3.39. The molecule has 0 heterocycles. The minimum Gasteiger partial charge on any atom is -0.490 e. The minimum atomic E-state index is -3.31. The molecule has 0 fully saturated rings. The number of carbonyl (C=O) groups is 2. The molecule has 24 heavy (non-hydrogen) atoms. The minimum absolute atomic E-state index is 0.151. The number of halogens is 1. The summed E-state index contributed by atoms with van der Waals surface area (Å²) in [5.74, 6) is -1.15. The average molecular weight is 375 g/mol. The first-order valence-corrected chi connectivity index (χ1v) is 9.31. The number of rotatable bonds is 8. The Hall–Kier alpha value is -1.86. The lowest BCUT2D eigenvalue weighted by atomic mass is 10.1. The highest BCUT2D eigenvalue weighted by atomic mass is 35.5. The van der Waals surface area contributed by atoms with E-state index in [1.54, 1.807) is 6.07 Å². The number of sulfone groups is 1. The third-order valence-electron chi connectivity index (χ3n) is 3.22. The summed E-state index contributed by atoms with van der Waals surface area (Å²) in [5.41, 5.74) is 0.751. The molecule has 0 N–H and O–H groups in total. The van der Waals surface area contributed by atoms with Crippen molar-refractivity contribution in [2.75, 3.05) is 20.5 Å². The maximum atomic E-state index is 11.8. The van der Waals surface area contributed by atoms with Gasteiger partial charge in [-0.3, -0.25) is 4.79 Å². The van der Waals surface area contributed by atoms with E-state index in [1.807, 2.05) is 0 Å². The molecule has 8 heteroatoms. The Morgan fingerprint density at radius 3 is 2.38 bits per heavy atom. The van der Waals surface area contributed by atoms with Gasteiger partial charge >= 0.3 is 5.97 Å². The first-order chi connectivity index (χ1) is 11.2. The molecular formula is C16H19ClO6S. The van der Waals surface area contributed by atoms with Gasteiger partial charge < -0.3 is 9.47 Å². The van der Waals surface area contributed by atoms with Gasteiger partial charge in [-0.2, -0.15) is 0 Å². The summed E-state index contributed by atoms with van der Waals surface area (Å²) < 4.78 is 32.2. The molecule has 0 aromatic heterocycles.